The predicted molar refractivity (Wildman–Crippen MR) is 68.5 cm³/mol. The van der Waals surface area contributed by atoms with Crippen molar-refractivity contribution in [1.82, 2.24) is 0 Å². The number of nitriles is 1. The van der Waals surface area contributed by atoms with Crippen LogP contribution >= 0.6 is 0 Å². The lowest BCUT2D eigenvalue weighted by Crippen LogP contribution is -2.14. The van der Waals surface area contributed by atoms with Crippen LogP contribution in [0.25, 0.3) is 5.57 Å². The maximum Gasteiger partial charge on any atom is 0.118 e. The third-order valence-corrected chi connectivity index (χ3v) is 3.47. The molecule has 1 aliphatic rings. The second kappa shape index (κ2) is 5.05. The first kappa shape index (κ1) is 11.7. The molecule has 0 N–H and O–H groups in total. The molecular formula is C15H17NO. The number of nitrogens with zero attached hydrogens (tertiary/aromatic N) is 1. The van der Waals surface area contributed by atoms with Gasteiger partial charge >= 0.3 is 0 Å². The van der Waals surface area contributed by atoms with E-state index in [1.54, 1.807) is 7.11 Å². The second-order valence-electron chi connectivity index (χ2n) is 4.61. The minimum Gasteiger partial charge on any atom is -0.497 e. The van der Waals surface area contributed by atoms with Crippen molar-refractivity contribution < 1.29 is 4.74 Å². The normalized spacial score (nSPS) is 23.7. The Kier molecular flexibility index (Phi) is 3.49. The van der Waals surface area contributed by atoms with Crippen molar-refractivity contribution in [2.45, 2.75) is 19.8 Å². The molecule has 1 aromatic rings. The van der Waals surface area contributed by atoms with Crippen LogP contribution in [-0.2, 0) is 0 Å². The lowest BCUT2D eigenvalue weighted by atomic mass is 9.80. The number of ether oxygens (including phenoxy) is 1. The fraction of sp³-hybridized carbons (Fsp3) is 0.400. The Bertz CT molecular complexity index is 453. The van der Waals surface area contributed by atoms with Gasteiger partial charge in [0, 0.05) is 0 Å². The van der Waals surface area contributed by atoms with Gasteiger partial charge in [-0.3, -0.25) is 0 Å². The third kappa shape index (κ3) is 2.50. The number of allylic oxidation sites excluding steroid dienone is 2. The molecule has 0 unspecified atom stereocenters. The van der Waals surface area contributed by atoms with E-state index in [-0.39, 0.29) is 5.92 Å². The zero-order valence-corrected chi connectivity index (χ0v) is 10.3. The summed E-state index contributed by atoms with van der Waals surface area (Å²) in [7, 11) is 1.68. The van der Waals surface area contributed by atoms with Gasteiger partial charge in [-0.2, -0.15) is 5.26 Å². The van der Waals surface area contributed by atoms with Crippen LogP contribution in [0.1, 0.15) is 25.3 Å². The molecule has 2 rings (SSSR count). The fourth-order valence-electron chi connectivity index (χ4n) is 2.29. The van der Waals surface area contributed by atoms with E-state index in [4.69, 9.17) is 10.00 Å². The Morgan fingerprint density at radius 1 is 1.29 bits per heavy atom. The van der Waals surface area contributed by atoms with E-state index in [2.05, 4.69) is 31.2 Å². The van der Waals surface area contributed by atoms with Gasteiger partial charge in [-0.15, -0.1) is 0 Å². The molecule has 0 spiro atoms. The van der Waals surface area contributed by atoms with Crippen molar-refractivity contribution in [2.75, 3.05) is 7.11 Å². The maximum atomic E-state index is 8.99. The van der Waals surface area contributed by atoms with E-state index >= 15 is 0 Å². The zero-order valence-electron chi connectivity index (χ0n) is 10.3. The molecule has 88 valence electrons. The summed E-state index contributed by atoms with van der Waals surface area (Å²) in [4.78, 5) is 0. The van der Waals surface area contributed by atoms with Gasteiger partial charge in [0.1, 0.15) is 5.75 Å². The molecule has 0 fully saturated rings. The summed E-state index contributed by atoms with van der Waals surface area (Å²) < 4.78 is 5.15. The number of hydrogen-bond donors (Lipinski definition) is 0. The Morgan fingerprint density at radius 2 is 2.00 bits per heavy atom. The Morgan fingerprint density at radius 3 is 2.53 bits per heavy atom. The number of rotatable bonds is 2. The van der Waals surface area contributed by atoms with Crippen LogP contribution in [0.5, 0.6) is 5.75 Å². The standard InChI is InChI=1S/C15H17NO/c1-11-9-13(3-4-14(11)10-16)12-5-7-15(17-2)8-6-12/h3,5-8,11,14H,4,9H2,1-2H3/t11-,14-/m0/s1. The molecule has 2 heteroatoms. The van der Waals surface area contributed by atoms with Gasteiger partial charge in [0.2, 0.25) is 0 Å². The van der Waals surface area contributed by atoms with Crippen molar-refractivity contribution in [3.05, 3.63) is 35.9 Å². The Labute approximate surface area is 103 Å². The van der Waals surface area contributed by atoms with Gasteiger partial charge in [0.05, 0.1) is 19.1 Å². The van der Waals surface area contributed by atoms with E-state index < -0.39 is 0 Å². The van der Waals surface area contributed by atoms with Crippen LogP contribution in [0.2, 0.25) is 0 Å². The van der Waals surface area contributed by atoms with Crippen LogP contribution in [-0.4, -0.2) is 7.11 Å². The third-order valence-electron chi connectivity index (χ3n) is 3.47. The maximum absolute atomic E-state index is 8.99. The summed E-state index contributed by atoms with van der Waals surface area (Å²) >= 11 is 0. The molecule has 0 radical (unpaired) electrons. The summed E-state index contributed by atoms with van der Waals surface area (Å²) in [5.41, 5.74) is 2.60. The largest absolute Gasteiger partial charge is 0.497 e. The van der Waals surface area contributed by atoms with Gasteiger partial charge < -0.3 is 4.74 Å². The quantitative estimate of drug-likeness (QED) is 0.772. The van der Waals surface area contributed by atoms with Crippen LogP contribution in [0.15, 0.2) is 30.3 Å². The first-order valence-corrected chi connectivity index (χ1v) is 5.97. The monoisotopic (exact) mass is 227 g/mol. The molecule has 17 heavy (non-hydrogen) atoms. The van der Waals surface area contributed by atoms with Gasteiger partial charge in [-0.25, -0.2) is 0 Å². The first-order valence-electron chi connectivity index (χ1n) is 5.97. The molecular weight excluding hydrogens is 210 g/mol. The molecule has 0 bridgehead atoms. The van der Waals surface area contributed by atoms with E-state index in [0.29, 0.717) is 5.92 Å². The molecule has 0 aliphatic heterocycles. The van der Waals surface area contributed by atoms with E-state index in [1.807, 2.05) is 12.1 Å². The zero-order chi connectivity index (χ0) is 12.3. The molecule has 1 aliphatic carbocycles. The summed E-state index contributed by atoms with van der Waals surface area (Å²) in [5.74, 6) is 1.51. The summed E-state index contributed by atoms with van der Waals surface area (Å²) in [6.45, 7) is 2.16. The number of hydrogen-bond acceptors (Lipinski definition) is 2. The highest BCUT2D eigenvalue weighted by molar-refractivity contribution is 5.67. The minimum absolute atomic E-state index is 0.178. The summed E-state index contributed by atoms with van der Waals surface area (Å²) in [6.07, 6.45) is 4.07. The van der Waals surface area contributed by atoms with Crippen LogP contribution in [0.3, 0.4) is 0 Å². The van der Waals surface area contributed by atoms with Gasteiger partial charge in [-0.1, -0.05) is 25.1 Å². The molecule has 0 heterocycles. The molecule has 1 aromatic carbocycles. The molecule has 0 aromatic heterocycles. The smallest absolute Gasteiger partial charge is 0.118 e. The molecule has 0 saturated heterocycles. The highest BCUT2D eigenvalue weighted by Gasteiger charge is 2.22. The average molecular weight is 227 g/mol. The average Bonchev–Trinajstić information content (AvgIpc) is 2.39. The van der Waals surface area contributed by atoms with E-state index in [0.717, 1.165) is 18.6 Å². The molecule has 2 nitrogen and oxygen atoms in total. The van der Waals surface area contributed by atoms with Crippen molar-refractivity contribution in [3.63, 3.8) is 0 Å². The lowest BCUT2D eigenvalue weighted by Gasteiger charge is -2.24. The summed E-state index contributed by atoms with van der Waals surface area (Å²) in [5, 5.41) is 8.99. The van der Waals surface area contributed by atoms with Crippen molar-refractivity contribution >= 4 is 5.57 Å². The molecule has 2 atom stereocenters. The van der Waals surface area contributed by atoms with Crippen LogP contribution < -0.4 is 4.74 Å². The van der Waals surface area contributed by atoms with E-state index in [1.165, 1.54) is 11.1 Å². The van der Waals surface area contributed by atoms with Gasteiger partial charge in [0.25, 0.3) is 0 Å². The highest BCUT2D eigenvalue weighted by Crippen LogP contribution is 2.34. The van der Waals surface area contributed by atoms with Crippen molar-refractivity contribution in [1.29, 1.82) is 5.26 Å². The SMILES string of the molecule is COc1ccc(C2=CC[C@@H](C#N)[C@@H](C)C2)cc1. The van der Waals surface area contributed by atoms with Crippen molar-refractivity contribution in [2.24, 2.45) is 11.8 Å². The van der Waals surface area contributed by atoms with Gasteiger partial charge in [-0.05, 0) is 42.0 Å². The van der Waals surface area contributed by atoms with Crippen molar-refractivity contribution in [3.8, 4) is 11.8 Å². The molecule has 0 amide bonds. The Balaban J connectivity index is 2.18. The minimum atomic E-state index is 0.178. The first-order chi connectivity index (χ1) is 8.24. The van der Waals surface area contributed by atoms with E-state index in [9.17, 15) is 0 Å². The van der Waals surface area contributed by atoms with Crippen LogP contribution in [0.4, 0.5) is 0 Å². The lowest BCUT2D eigenvalue weighted by molar-refractivity contribution is 0.414. The highest BCUT2D eigenvalue weighted by atomic mass is 16.5. The summed E-state index contributed by atoms with van der Waals surface area (Å²) in [6, 6.07) is 10.5. The van der Waals surface area contributed by atoms with Crippen LogP contribution in [0, 0.1) is 23.2 Å². The fourth-order valence-corrected chi connectivity index (χ4v) is 2.29. The van der Waals surface area contributed by atoms with Gasteiger partial charge in [0.15, 0.2) is 0 Å². The number of benzene rings is 1. The number of methoxy groups -OCH3 is 1. The predicted octanol–water partition coefficient (Wildman–Crippen LogP) is 3.65. The molecule has 0 saturated carbocycles. The topological polar surface area (TPSA) is 33.0 Å². The second-order valence-corrected chi connectivity index (χ2v) is 4.61. The Hall–Kier alpha value is -1.75.